The molecule has 0 radical (unpaired) electrons. The first-order chi connectivity index (χ1) is 9.36. The summed E-state index contributed by atoms with van der Waals surface area (Å²) in [6.07, 6.45) is 4.79. The van der Waals surface area contributed by atoms with E-state index in [0.717, 1.165) is 39.8 Å². The van der Waals surface area contributed by atoms with Crippen molar-refractivity contribution in [2.75, 3.05) is 12.4 Å². The Morgan fingerprint density at radius 2 is 2.16 bits per heavy atom. The second-order valence-electron chi connectivity index (χ2n) is 4.40. The Kier molecular flexibility index (Phi) is 3.97. The number of fused-ring (bicyclic) bond motifs is 1. The number of aryl methyl sites for hydroxylation is 1. The van der Waals surface area contributed by atoms with Crippen molar-refractivity contribution >= 4 is 28.2 Å². The zero-order valence-electron chi connectivity index (χ0n) is 10.8. The Balaban J connectivity index is 1.68. The standard InChI is InChI=1S/C11H16N6S2/c1-12-10-15-14-9(19-10)7-18-11-16-13-8-5-3-2-4-6-17(8)11/h2-7H2,1H3,(H,12,15). The minimum atomic E-state index is 0.803. The van der Waals surface area contributed by atoms with Gasteiger partial charge in [-0.2, -0.15) is 0 Å². The lowest BCUT2D eigenvalue weighted by atomic mass is 10.2. The van der Waals surface area contributed by atoms with Crippen molar-refractivity contribution < 1.29 is 0 Å². The van der Waals surface area contributed by atoms with Gasteiger partial charge in [-0.1, -0.05) is 29.5 Å². The predicted octanol–water partition coefficient (Wildman–Crippen LogP) is 2.19. The molecule has 0 bridgehead atoms. The van der Waals surface area contributed by atoms with Gasteiger partial charge in [-0.3, -0.25) is 0 Å². The van der Waals surface area contributed by atoms with Crippen molar-refractivity contribution in [1.29, 1.82) is 0 Å². The van der Waals surface area contributed by atoms with Crippen LogP contribution in [0.25, 0.3) is 0 Å². The van der Waals surface area contributed by atoms with Gasteiger partial charge >= 0.3 is 0 Å². The lowest BCUT2D eigenvalue weighted by Gasteiger charge is -2.04. The molecule has 0 amide bonds. The zero-order chi connectivity index (χ0) is 13.1. The molecule has 0 atom stereocenters. The quantitative estimate of drug-likeness (QED) is 0.872. The summed E-state index contributed by atoms with van der Waals surface area (Å²) >= 11 is 3.28. The minimum absolute atomic E-state index is 0.803. The molecule has 3 heterocycles. The minimum Gasteiger partial charge on any atom is -0.363 e. The summed E-state index contributed by atoms with van der Waals surface area (Å²) in [6, 6.07) is 0. The highest BCUT2D eigenvalue weighted by atomic mass is 32.2. The number of thioether (sulfide) groups is 1. The van der Waals surface area contributed by atoms with Gasteiger partial charge in [-0.15, -0.1) is 20.4 Å². The molecule has 0 spiro atoms. The zero-order valence-corrected chi connectivity index (χ0v) is 12.4. The van der Waals surface area contributed by atoms with E-state index < -0.39 is 0 Å². The Labute approximate surface area is 120 Å². The third-order valence-electron chi connectivity index (χ3n) is 3.08. The highest BCUT2D eigenvalue weighted by Gasteiger charge is 2.15. The Morgan fingerprint density at radius 1 is 1.21 bits per heavy atom. The smallest absolute Gasteiger partial charge is 0.205 e. The summed E-state index contributed by atoms with van der Waals surface area (Å²) in [5.41, 5.74) is 0. The van der Waals surface area contributed by atoms with E-state index in [1.54, 1.807) is 23.1 Å². The molecule has 0 aromatic carbocycles. The molecule has 1 aliphatic heterocycles. The second-order valence-corrected chi connectivity index (χ2v) is 6.41. The maximum atomic E-state index is 4.30. The fourth-order valence-electron chi connectivity index (χ4n) is 2.10. The Morgan fingerprint density at radius 3 is 3.00 bits per heavy atom. The maximum Gasteiger partial charge on any atom is 0.205 e. The Hall–Kier alpha value is -1.15. The van der Waals surface area contributed by atoms with Crippen LogP contribution in [0.2, 0.25) is 0 Å². The molecule has 0 fully saturated rings. The fraction of sp³-hybridized carbons (Fsp3) is 0.636. The van der Waals surface area contributed by atoms with Crippen LogP contribution < -0.4 is 5.32 Å². The maximum absolute atomic E-state index is 4.30. The van der Waals surface area contributed by atoms with Gasteiger partial charge in [0, 0.05) is 20.0 Å². The molecule has 0 saturated carbocycles. The summed E-state index contributed by atoms with van der Waals surface area (Å²) in [6.45, 7) is 1.04. The average Bonchev–Trinajstić information content (AvgIpc) is 2.97. The summed E-state index contributed by atoms with van der Waals surface area (Å²) in [4.78, 5) is 0. The summed E-state index contributed by atoms with van der Waals surface area (Å²) < 4.78 is 2.26. The summed E-state index contributed by atoms with van der Waals surface area (Å²) in [5, 5.41) is 22.7. The molecular weight excluding hydrogens is 280 g/mol. The van der Waals surface area contributed by atoms with Gasteiger partial charge < -0.3 is 9.88 Å². The first-order valence-corrected chi connectivity index (χ1v) is 8.22. The molecule has 1 N–H and O–H groups in total. The van der Waals surface area contributed by atoms with Crippen LogP contribution in [0.4, 0.5) is 5.13 Å². The van der Waals surface area contributed by atoms with Crippen LogP contribution in [0.15, 0.2) is 5.16 Å². The fourth-order valence-corrected chi connectivity index (χ4v) is 3.77. The van der Waals surface area contributed by atoms with Gasteiger partial charge in [0.05, 0.1) is 5.75 Å². The van der Waals surface area contributed by atoms with Crippen LogP contribution in [0.3, 0.4) is 0 Å². The second kappa shape index (κ2) is 5.87. The lowest BCUT2D eigenvalue weighted by molar-refractivity contribution is 0.591. The van der Waals surface area contributed by atoms with Crippen molar-refractivity contribution in [3.8, 4) is 0 Å². The van der Waals surface area contributed by atoms with Crippen LogP contribution in [-0.4, -0.2) is 32.0 Å². The molecule has 0 unspecified atom stereocenters. The van der Waals surface area contributed by atoms with Crippen LogP contribution in [0.1, 0.15) is 30.1 Å². The molecule has 1 aliphatic rings. The van der Waals surface area contributed by atoms with Gasteiger partial charge in [0.1, 0.15) is 10.8 Å². The molecule has 3 rings (SSSR count). The van der Waals surface area contributed by atoms with E-state index in [9.17, 15) is 0 Å². The van der Waals surface area contributed by atoms with E-state index in [1.165, 1.54) is 19.3 Å². The number of hydrogen-bond acceptors (Lipinski definition) is 7. The van der Waals surface area contributed by atoms with Crippen LogP contribution >= 0.6 is 23.1 Å². The van der Waals surface area contributed by atoms with Crippen molar-refractivity contribution in [2.45, 2.75) is 43.1 Å². The molecular formula is C11H16N6S2. The lowest BCUT2D eigenvalue weighted by Crippen LogP contribution is -2.02. The topological polar surface area (TPSA) is 68.5 Å². The van der Waals surface area contributed by atoms with E-state index in [4.69, 9.17) is 0 Å². The SMILES string of the molecule is CNc1nnc(CSc2nnc3n2CCCCC3)s1. The van der Waals surface area contributed by atoms with Gasteiger partial charge in [-0.25, -0.2) is 0 Å². The molecule has 0 aliphatic carbocycles. The monoisotopic (exact) mass is 296 g/mol. The summed E-state index contributed by atoms with van der Waals surface area (Å²) in [5.74, 6) is 1.94. The third kappa shape index (κ3) is 2.89. The number of nitrogens with one attached hydrogen (secondary N) is 1. The first-order valence-electron chi connectivity index (χ1n) is 6.42. The van der Waals surface area contributed by atoms with Crippen molar-refractivity contribution in [3.63, 3.8) is 0 Å². The van der Waals surface area contributed by atoms with Crippen molar-refractivity contribution in [2.24, 2.45) is 0 Å². The van der Waals surface area contributed by atoms with Gasteiger partial charge in [0.15, 0.2) is 5.16 Å². The van der Waals surface area contributed by atoms with Crippen LogP contribution in [0.5, 0.6) is 0 Å². The van der Waals surface area contributed by atoms with E-state index in [2.05, 4.69) is 30.3 Å². The van der Waals surface area contributed by atoms with Gasteiger partial charge in [0.2, 0.25) is 5.13 Å². The number of aromatic nitrogens is 5. The van der Waals surface area contributed by atoms with Crippen LogP contribution in [0, 0.1) is 0 Å². The highest BCUT2D eigenvalue weighted by Crippen LogP contribution is 2.26. The molecule has 8 heteroatoms. The van der Waals surface area contributed by atoms with Crippen molar-refractivity contribution in [1.82, 2.24) is 25.0 Å². The number of rotatable bonds is 4. The predicted molar refractivity (Wildman–Crippen MR) is 76.6 cm³/mol. The van der Waals surface area contributed by atoms with E-state index in [-0.39, 0.29) is 0 Å². The number of hydrogen-bond donors (Lipinski definition) is 1. The van der Waals surface area contributed by atoms with Gasteiger partial charge in [-0.05, 0) is 12.8 Å². The van der Waals surface area contributed by atoms with E-state index >= 15 is 0 Å². The molecule has 102 valence electrons. The molecule has 6 nitrogen and oxygen atoms in total. The molecule has 2 aromatic rings. The molecule has 0 saturated heterocycles. The first kappa shape index (κ1) is 12.9. The highest BCUT2D eigenvalue weighted by molar-refractivity contribution is 7.98. The van der Waals surface area contributed by atoms with E-state index in [1.807, 2.05) is 7.05 Å². The normalized spacial score (nSPS) is 15.0. The molecule has 19 heavy (non-hydrogen) atoms. The van der Waals surface area contributed by atoms with E-state index in [0.29, 0.717) is 0 Å². The van der Waals surface area contributed by atoms with Gasteiger partial charge in [0.25, 0.3) is 0 Å². The summed E-state index contributed by atoms with van der Waals surface area (Å²) in [7, 11) is 1.86. The number of anilines is 1. The van der Waals surface area contributed by atoms with Crippen LogP contribution in [-0.2, 0) is 18.7 Å². The average molecular weight is 296 g/mol. The Bertz CT molecular complexity index is 549. The molecule has 2 aromatic heterocycles. The third-order valence-corrected chi connectivity index (χ3v) is 5.18. The largest absolute Gasteiger partial charge is 0.363 e. The number of nitrogens with zero attached hydrogens (tertiary/aromatic N) is 5. The van der Waals surface area contributed by atoms with Crippen molar-refractivity contribution in [3.05, 3.63) is 10.8 Å².